The summed E-state index contributed by atoms with van der Waals surface area (Å²) in [5, 5.41) is 2.05. The molecule has 1 atom stereocenters. The fraction of sp³-hybridized carbons (Fsp3) is 0.714. The van der Waals surface area contributed by atoms with Crippen LogP contribution in [0.25, 0.3) is 0 Å². The van der Waals surface area contributed by atoms with Crippen LogP contribution in [0.3, 0.4) is 0 Å². The Balaban J connectivity index is 2.06. The van der Waals surface area contributed by atoms with Crippen LogP contribution in [-0.2, 0) is 10.2 Å². The van der Waals surface area contributed by atoms with Crippen LogP contribution in [0.15, 0.2) is 17.5 Å². The Labute approximate surface area is 132 Å². The number of likely N-dealkylation sites (tertiary alicyclic amines) is 1. The SMILES string of the molecule is CC(C)N(C)S(=O)(=O)NC[C@H](c1cccs1)N1CCCC1. The first-order chi connectivity index (χ1) is 9.92. The van der Waals surface area contributed by atoms with Crippen molar-refractivity contribution in [3.63, 3.8) is 0 Å². The summed E-state index contributed by atoms with van der Waals surface area (Å²) in [5.41, 5.74) is 0. The van der Waals surface area contributed by atoms with Crippen molar-refractivity contribution in [2.75, 3.05) is 26.7 Å². The minimum absolute atomic E-state index is 0.0468. The molecule has 21 heavy (non-hydrogen) atoms. The average Bonchev–Trinajstić information content (AvgIpc) is 3.10. The quantitative estimate of drug-likeness (QED) is 0.832. The third-order valence-corrected chi connectivity index (χ3v) is 6.70. The fourth-order valence-corrected chi connectivity index (χ4v) is 4.50. The number of nitrogens with zero attached hydrogens (tertiary/aromatic N) is 2. The number of rotatable bonds is 7. The second-order valence-corrected chi connectivity index (χ2v) is 8.53. The number of thiophene rings is 1. The van der Waals surface area contributed by atoms with Gasteiger partial charge in [-0.2, -0.15) is 12.7 Å². The van der Waals surface area contributed by atoms with E-state index in [9.17, 15) is 8.42 Å². The molecular weight excluding hydrogens is 306 g/mol. The van der Waals surface area contributed by atoms with Crippen molar-refractivity contribution < 1.29 is 8.42 Å². The van der Waals surface area contributed by atoms with Gasteiger partial charge in [-0.15, -0.1) is 11.3 Å². The van der Waals surface area contributed by atoms with E-state index >= 15 is 0 Å². The van der Waals surface area contributed by atoms with Gasteiger partial charge in [0.05, 0.1) is 6.04 Å². The second-order valence-electron chi connectivity index (χ2n) is 5.74. The molecule has 0 aromatic carbocycles. The molecule has 2 rings (SSSR count). The first-order valence-electron chi connectivity index (χ1n) is 7.42. The van der Waals surface area contributed by atoms with Crippen LogP contribution in [-0.4, -0.2) is 50.3 Å². The van der Waals surface area contributed by atoms with Gasteiger partial charge >= 0.3 is 0 Å². The molecule has 0 spiro atoms. The number of hydrogen-bond donors (Lipinski definition) is 1. The molecule has 0 bridgehead atoms. The van der Waals surface area contributed by atoms with E-state index in [1.807, 2.05) is 25.3 Å². The lowest BCUT2D eigenvalue weighted by molar-refractivity contribution is 0.248. The molecule has 1 N–H and O–H groups in total. The molecule has 0 aliphatic carbocycles. The summed E-state index contributed by atoms with van der Waals surface area (Å²) >= 11 is 1.69. The van der Waals surface area contributed by atoms with Gasteiger partial charge in [-0.25, -0.2) is 4.72 Å². The van der Waals surface area contributed by atoms with E-state index in [-0.39, 0.29) is 12.1 Å². The molecule has 2 heterocycles. The molecule has 7 heteroatoms. The lowest BCUT2D eigenvalue weighted by atomic mass is 10.2. The summed E-state index contributed by atoms with van der Waals surface area (Å²) in [7, 11) is -1.80. The first-order valence-corrected chi connectivity index (χ1v) is 9.74. The first kappa shape index (κ1) is 16.9. The Morgan fingerprint density at radius 3 is 2.57 bits per heavy atom. The maximum Gasteiger partial charge on any atom is 0.279 e. The predicted molar refractivity (Wildman–Crippen MR) is 87.7 cm³/mol. The van der Waals surface area contributed by atoms with Crippen LogP contribution in [0.4, 0.5) is 0 Å². The molecule has 0 unspecified atom stereocenters. The molecule has 1 aromatic heterocycles. The highest BCUT2D eigenvalue weighted by molar-refractivity contribution is 7.87. The summed E-state index contributed by atoms with van der Waals surface area (Å²) in [6, 6.07) is 4.21. The van der Waals surface area contributed by atoms with Gasteiger partial charge in [0.2, 0.25) is 0 Å². The van der Waals surface area contributed by atoms with Crippen LogP contribution in [0.1, 0.15) is 37.6 Å². The summed E-state index contributed by atoms with van der Waals surface area (Å²) in [5.74, 6) is 0. The molecule has 1 saturated heterocycles. The highest BCUT2D eigenvalue weighted by Gasteiger charge is 2.27. The van der Waals surface area contributed by atoms with Crippen LogP contribution in [0, 0.1) is 0 Å². The van der Waals surface area contributed by atoms with Crippen molar-refractivity contribution in [2.24, 2.45) is 0 Å². The molecular formula is C14H25N3O2S2. The lowest BCUT2D eigenvalue weighted by Gasteiger charge is -2.28. The molecule has 0 radical (unpaired) electrons. The molecule has 5 nitrogen and oxygen atoms in total. The molecule has 1 aliphatic heterocycles. The minimum atomic E-state index is -3.41. The van der Waals surface area contributed by atoms with Crippen LogP contribution >= 0.6 is 11.3 Å². The standard InChI is InChI=1S/C14H25N3O2S2/c1-12(2)16(3)21(18,19)15-11-13(14-7-6-10-20-14)17-8-4-5-9-17/h6-7,10,12-13,15H,4-5,8-9,11H2,1-3H3/t13-/m1/s1. The van der Waals surface area contributed by atoms with Gasteiger partial charge in [-0.3, -0.25) is 4.90 Å². The smallest absolute Gasteiger partial charge is 0.279 e. The third-order valence-electron chi connectivity index (χ3n) is 4.02. The van der Waals surface area contributed by atoms with Crippen molar-refractivity contribution in [3.8, 4) is 0 Å². The summed E-state index contributed by atoms with van der Waals surface area (Å²) < 4.78 is 28.7. The van der Waals surface area contributed by atoms with Gasteiger partial charge in [0.1, 0.15) is 0 Å². The molecule has 0 saturated carbocycles. The van der Waals surface area contributed by atoms with Crippen molar-refractivity contribution in [1.82, 2.24) is 13.9 Å². The van der Waals surface area contributed by atoms with Crippen molar-refractivity contribution in [3.05, 3.63) is 22.4 Å². The van der Waals surface area contributed by atoms with E-state index in [4.69, 9.17) is 0 Å². The van der Waals surface area contributed by atoms with Gasteiger partial charge in [-0.05, 0) is 51.2 Å². The van der Waals surface area contributed by atoms with Gasteiger partial charge in [-0.1, -0.05) is 6.07 Å². The highest BCUT2D eigenvalue weighted by Crippen LogP contribution is 2.28. The maximum atomic E-state index is 12.3. The van der Waals surface area contributed by atoms with E-state index in [2.05, 4.69) is 15.7 Å². The van der Waals surface area contributed by atoms with E-state index in [1.165, 1.54) is 22.0 Å². The summed E-state index contributed by atoms with van der Waals surface area (Å²) in [6.07, 6.45) is 2.39. The number of hydrogen-bond acceptors (Lipinski definition) is 4. The Kier molecular flexibility index (Phi) is 5.79. The zero-order valence-corrected chi connectivity index (χ0v) is 14.6. The normalized spacial score (nSPS) is 18.7. The summed E-state index contributed by atoms with van der Waals surface area (Å²) in [4.78, 5) is 3.61. The maximum absolute atomic E-state index is 12.3. The van der Waals surface area contributed by atoms with E-state index in [1.54, 1.807) is 18.4 Å². The van der Waals surface area contributed by atoms with Crippen molar-refractivity contribution in [1.29, 1.82) is 0 Å². The minimum Gasteiger partial charge on any atom is -0.294 e. The monoisotopic (exact) mass is 331 g/mol. The third kappa shape index (κ3) is 4.26. The van der Waals surface area contributed by atoms with Gasteiger partial charge in [0, 0.05) is 24.5 Å². The van der Waals surface area contributed by atoms with Gasteiger partial charge in [0.25, 0.3) is 10.2 Å². The average molecular weight is 332 g/mol. The second kappa shape index (κ2) is 7.19. The van der Waals surface area contributed by atoms with Crippen LogP contribution in [0.2, 0.25) is 0 Å². The Hall–Kier alpha value is -0.470. The molecule has 120 valence electrons. The molecule has 1 aromatic rings. The van der Waals surface area contributed by atoms with Crippen LogP contribution < -0.4 is 4.72 Å². The zero-order chi connectivity index (χ0) is 15.5. The largest absolute Gasteiger partial charge is 0.294 e. The van der Waals surface area contributed by atoms with E-state index in [0.717, 1.165) is 13.1 Å². The van der Waals surface area contributed by atoms with Crippen molar-refractivity contribution in [2.45, 2.75) is 38.8 Å². The van der Waals surface area contributed by atoms with E-state index in [0.29, 0.717) is 6.54 Å². The lowest BCUT2D eigenvalue weighted by Crippen LogP contribution is -2.45. The highest BCUT2D eigenvalue weighted by atomic mass is 32.2. The zero-order valence-electron chi connectivity index (χ0n) is 12.9. The molecule has 1 aliphatic rings. The fourth-order valence-electron chi connectivity index (χ4n) is 2.51. The van der Waals surface area contributed by atoms with Gasteiger partial charge < -0.3 is 0 Å². The summed E-state index contributed by atoms with van der Waals surface area (Å²) in [6.45, 7) is 6.27. The Morgan fingerprint density at radius 2 is 2.05 bits per heavy atom. The Bertz CT molecular complexity index is 522. The predicted octanol–water partition coefficient (Wildman–Crippen LogP) is 2.06. The topological polar surface area (TPSA) is 52.7 Å². The van der Waals surface area contributed by atoms with E-state index < -0.39 is 10.2 Å². The van der Waals surface area contributed by atoms with Crippen molar-refractivity contribution >= 4 is 21.5 Å². The van der Waals surface area contributed by atoms with Gasteiger partial charge in [0.15, 0.2) is 0 Å². The number of nitrogens with one attached hydrogen (secondary N) is 1. The van der Waals surface area contributed by atoms with Crippen LogP contribution in [0.5, 0.6) is 0 Å². The molecule has 1 fully saturated rings. The Morgan fingerprint density at radius 1 is 1.38 bits per heavy atom. The molecule has 0 amide bonds.